The summed E-state index contributed by atoms with van der Waals surface area (Å²) >= 11 is 0. The lowest BCUT2D eigenvalue weighted by Crippen LogP contribution is -2.44. The lowest BCUT2D eigenvalue weighted by Gasteiger charge is -2.32. The van der Waals surface area contributed by atoms with E-state index in [1.165, 1.54) is 24.7 Å². The van der Waals surface area contributed by atoms with Crippen molar-refractivity contribution in [3.63, 3.8) is 0 Å². The third-order valence-electron chi connectivity index (χ3n) is 3.74. The van der Waals surface area contributed by atoms with E-state index < -0.39 is 0 Å². The number of nitrogens with one attached hydrogen (secondary N) is 1. The minimum absolute atomic E-state index is 0.121. The van der Waals surface area contributed by atoms with Crippen LogP contribution < -0.4 is 10.3 Å². The Labute approximate surface area is 137 Å². The number of aromatic amines is 1. The number of H-pyrrole nitrogens is 1. The summed E-state index contributed by atoms with van der Waals surface area (Å²) in [5.74, 6) is -0.0375. The first-order chi connectivity index (χ1) is 11.7. The molecule has 1 aliphatic rings. The van der Waals surface area contributed by atoms with Gasteiger partial charge in [0.2, 0.25) is 11.3 Å². The summed E-state index contributed by atoms with van der Waals surface area (Å²) in [4.78, 5) is 35.9. The van der Waals surface area contributed by atoms with Crippen molar-refractivity contribution in [1.82, 2.24) is 19.9 Å². The number of piperidine rings is 1. The van der Waals surface area contributed by atoms with E-state index in [1.807, 2.05) is 6.07 Å². The topological polar surface area (TPSA) is 112 Å². The zero-order valence-electron chi connectivity index (χ0n) is 12.8. The largest absolute Gasteiger partial charge is 0.470 e. The van der Waals surface area contributed by atoms with Crippen LogP contribution in [0.2, 0.25) is 0 Å². The quantitative estimate of drug-likeness (QED) is 0.890. The number of nitriles is 1. The first kappa shape index (κ1) is 15.7. The van der Waals surface area contributed by atoms with Crippen molar-refractivity contribution < 1.29 is 9.53 Å². The summed E-state index contributed by atoms with van der Waals surface area (Å²) in [6, 6.07) is 4.79. The minimum Gasteiger partial charge on any atom is -0.470 e. The van der Waals surface area contributed by atoms with Crippen molar-refractivity contribution >= 4 is 5.91 Å². The summed E-state index contributed by atoms with van der Waals surface area (Å²) < 4.78 is 5.76. The van der Waals surface area contributed by atoms with E-state index in [-0.39, 0.29) is 29.1 Å². The molecule has 3 heterocycles. The second kappa shape index (κ2) is 6.91. The Morgan fingerprint density at radius 2 is 2.25 bits per heavy atom. The van der Waals surface area contributed by atoms with Crippen molar-refractivity contribution in [3.05, 3.63) is 52.3 Å². The Hall–Kier alpha value is -3.21. The van der Waals surface area contributed by atoms with Crippen LogP contribution in [0.25, 0.3) is 0 Å². The molecule has 0 radical (unpaired) electrons. The highest BCUT2D eigenvalue weighted by molar-refractivity contribution is 5.94. The molecule has 1 atom stereocenters. The van der Waals surface area contributed by atoms with Gasteiger partial charge in [0.05, 0.1) is 6.54 Å². The van der Waals surface area contributed by atoms with E-state index in [4.69, 9.17) is 10.00 Å². The Morgan fingerprint density at radius 1 is 1.42 bits per heavy atom. The molecule has 0 spiro atoms. The SMILES string of the molecule is N#Cc1nccnc1OC1CCCN(C(=O)c2cc[nH]c(=O)c2)C1. The highest BCUT2D eigenvalue weighted by Gasteiger charge is 2.26. The zero-order chi connectivity index (χ0) is 16.9. The van der Waals surface area contributed by atoms with Crippen molar-refractivity contribution in [3.8, 4) is 11.9 Å². The molecule has 1 aliphatic heterocycles. The maximum Gasteiger partial charge on any atom is 0.254 e. The molecule has 8 nitrogen and oxygen atoms in total. The van der Waals surface area contributed by atoms with Crippen molar-refractivity contribution in [2.45, 2.75) is 18.9 Å². The first-order valence-electron chi connectivity index (χ1n) is 7.53. The fourth-order valence-electron chi connectivity index (χ4n) is 2.63. The Bertz CT molecular complexity index is 842. The molecule has 1 fully saturated rings. The molecular weight excluding hydrogens is 310 g/mol. The van der Waals surface area contributed by atoms with Gasteiger partial charge in [0.15, 0.2) is 0 Å². The number of pyridine rings is 1. The third-order valence-corrected chi connectivity index (χ3v) is 3.74. The van der Waals surface area contributed by atoms with Crippen LogP contribution in [0.1, 0.15) is 28.9 Å². The van der Waals surface area contributed by atoms with Gasteiger partial charge in [-0.15, -0.1) is 0 Å². The molecule has 0 saturated carbocycles. The van der Waals surface area contributed by atoms with E-state index in [0.29, 0.717) is 18.7 Å². The number of carbonyl (C=O) groups is 1. The average Bonchev–Trinajstić information content (AvgIpc) is 2.62. The molecule has 0 bridgehead atoms. The first-order valence-corrected chi connectivity index (χ1v) is 7.53. The van der Waals surface area contributed by atoms with Crippen LogP contribution in [-0.2, 0) is 0 Å². The van der Waals surface area contributed by atoms with Gasteiger partial charge in [-0.1, -0.05) is 0 Å². The van der Waals surface area contributed by atoms with Gasteiger partial charge in [0, 0.05) is 36.8 Å². The molecular formula is C16H15N5O3. The molecule has 1 unspecified atom stereocenters. The molecule has 2 aromatic rings. The summed E-state index contributed by atoms with van der Waals surface area (Å²) in [6.45, 7) is 0.962. The standard InChI is InChI=1S/C16H15N5O3/c17-9-13-15(20-6-5-18-13)24-12-2-1-7-21(10-12)16(23)11-3-4-19-14(22)8-11/h3-6,8,12H,1-2,7,10H2,(H,19,22). The molecule has 1 saturated heterocycles. The lowest BCUT2D eigenvalue weighted by molar-refractivity contribution is 0.0526. The zero-order valence-corrected chi connectivity index (χ0v) is 12.8. The van der Waals surface area contributed by atoms with Gasteiger partial charge in [-0.05, 0) is 18.9 Å². The van der Waals surface area contributed by atoms with Crippen molar-refractivity contribution in [1.29, 1.82) is 5.26 Å². The third kappa shape index (κ3) is 3.41. The van der Waals surface area contributed by atoms with E-state index in [9.17, 15) is 9.59 Å². The summed E-state index contributed by atoms with van der Waals surface area (Å²) in [6.07, 6.45) is 5.58. The number of aromatic nitrogens is 3. The van der Waals surface area contributed by atoms with E-state index in [1.54, 1.807) is 11.0 Å². The van der Waals surface area contributed by atoms with E-state index >= 15 is 0 Å². The number of ether oxygens (including phenoxy) is 1. The average molecular weight is 325 g/mol. The molecule has 0 aliphatic carbocycles. The van der Waals surface area contributed by atoms with Crippen LogP contribution in [0.15, 0.2) is 35.5 Å². The van der Waals surface area contributed by atoms with Crippen LogP contribution in [0.3, 0.4) is 0 Å². The van der Waals surface area contributed by atoms with E-state index in [2.05, 4.69) is 15.0 Å². The number of hydrogen-bond donors (Lipinski definition) is 1. The predicted octanol–water partition coefficient (Wildman–Crippen LogP) is 0.720. The summed E-state index contributed by atoms with van der Waals surface area (Å²) in [5, 5.41) is 9.03. The Kier molecular flexibility index (Phi) is 4.52. The number of nitrogens with zero attached hydrogens (tertiary/aromatic N) is 4. The number of rotatable bonds is 3. The molecule has 1 N–H and O–H groups in total. The molecule has 122 valence electrons. The van der Waals surface area contributed by atoms with Gasteiger partial charge >= 0.3 is 0 Å². The van der Waals surface area contributed by atoms with Gasteiger partial charge in [0.25, 0.3) is 11.8 Å². The number of likely N-dealkylation sites (tertiary alicyclic amines) is 1. The van der Waals surface area contributed by atoms with Gasteiger partial charge in [-0.3, -0.25) is 9.59 Å². The van der Waals surface area contributed by atoms with Crippen LogP contribution in [0.4, 0.5) is 0 Å². The molecule has 8 heteroatoms. The van der Waals surface area contributed by atoms with Crippen LogP contribution in [0.5, 0.6) is 5.88 Å². The number of amides is 1. The molecule has 2 aromatic heterocycles. The second-order valence-electron chi connectivity index (χ2n) is 5.40. The van der Waals surface area contributed by atoms with Crippen molar-refractivity contribution in [2.24, 2.45) is 0 Å². The van der Waals surface area contributed by atoms with Crippen LogP contribution in [-0.4, -0.2) is 45.0 Å². The van der Waals surface area contributed by atoms with Crippen LogP contribution >= 0.6 is 0 Å². The van der Waals surface area contributed by atoms with Crippen LogP contribution in [0, 0.1) is 11.3 Å². The monoisotopic (exact) mass is 325 g/mol. The fraction of sp³-hybridized carbons (Fsp3) is 0.312. The molecule has 3 rings (SSSR count). The normalized spacial score (nSPS) is 17.1. The Morgan fingerprint density at radius 3 is 3.04 bits per heavy atom. The Balaban J connectivity index is 1.71. The maximum atomic E-state index is 12.5. The van der Waals surface area contributed by atoms with Gasteiger partial charge < -0.3 is 14.6 Å². The van der Waals surface area contributed by atoms with Gasteiger partial charge in [-0.25, -0.2) is 9.97 Å². The maximum absolute atomic E-state index is 12.5. The number of carbonyl (C=O) groups excluding carboxylic acids is 1. The van der Waals surface area contributed by atoms with Crippen molar-refractivity contribution in [2.75, 3.05) is 13.1 Å². The summed E-state index contributed by atoms with van der Waals surface area (Å²) in [5.41, 5.74) is 0.149. The molecule has 24 heavy (non-hydrogen) atoms. The number of hydrogen-bond acceptors (Lipinski definition) is 6. The fourth-order valence-corrected chi connectivity index (χ4v) is 2.63. The minimum atomic E-state index is -0.316. The van der Waals surface area contributed by atoms with E-state index in [0.717, 1.165) is 12.8 Å². The predicted molar refractivity (Wildman–Crippen MR) is 83.4 cm³/mol. The lowest BCUT2D eigenvalue weighted by atomic mass is 10.1. The second-order valence-corrected chi connectivity index (χ2v) is 5.40. The summed E-state index contributed by atoms with van der Waals surface area (Å²) in [7, 11) is 0. The molecule has 1 amide bonds. The smallest absolute Gasteiger partial charge is 0.254 e. The van der Waals surface area contributed by atoms with Gasteiger partial charge in [0.1, 0.15) is 12.2 Å². The van der Waals surface area contributed by atoms with Gasteiger partial charge in [-0.2, -0.15) is 5.26 Å². The highest BCUT2D eigenvalue weighted by Crippen LogP contribution is 2.19. The highest BCUT2D eigenvalue weighted by atomic mass is 16.5. The molecule has 0 aromatic carbocycles.